The molecule has 1 amide bonds. The van der Waals surface area contributed by atoms with E-state index in [1.807, 2.05) is 58.0 Å². The van der Waals surface area contributed by atoms with Gasteiger partial charge < -0.3 is 28.6 Å². The molecule has 0 aliphatic carbocycles. The van der Waals surface area contributed by atoms with Crippen molar-refractivity contribution < 1.29 is 42.5 Å². The second-order valence-electron chi connectivity index (χ2n) is 10.7. The molecule has 3 aromatic carbocycles. The van der Waals surface area contributed by atoms with Gasteiger partial charge in [0.1, 0.15) is 5.82 Å². The number of nitrogens with zero attached hydrogens (tertiary/aromatic N) is 1. The van der Waals surface area contributed by atoms with Crippen LogP contribution in [0.4, 0.5) is 4.39 Å². The van der Waals surface area contributed by atoms with Crippen molar-refractivity contribution in [2.24, 2.45) is 0 Å². The first-order chi connectivity index (χ1) is 22.3. The zero-order chi connectivity index (χ0) is 33.1. The van der Waals surface area contributed by atoms with Crippen LogP contribution in [0, 0.1) is 5.82 Å². The van der Waals surface area contributed by atoms with Crippen LogP contribution in [-0.2, 0) is 27.2 Å². The summed E-state index contributed by atoms with van der Waals surface area (Å²) in [6.07, 6.45) is 0.739. The first-order valence-corrected chi connectivity index (χ1v) is 15.8. The van der Waals surface area contributed by atoms with Crippen LogP contribution in [0.15, 0.2) is 54.6 Å². The molecule has 4 rings (SSSR count). The topological polar surface area (TPSA) is 101 Å². The maximum atomic E-state index is 13.6. The largest absolute Gasteiger partial charge is 0.490 e. The van der Waals surface area contributed by atoms with Crippen LogP contribution in [0.1, 0.15) is 73.6 Å². The highest BCUT2D eigenvalue weighted by Crippen LogP contribution is 2.41. The van der Waals surface area contributed by atoms with Gasteiger partial charge in [-0.1, -0.05) is 6.07 Å². The molecule has 0 saturated heterocycles. The zero-order valence-electron chi connectivity index (χ0n) is 26.9. The molecular formula is C36H42FNO8. The van der Waals surface area contributed by atoms with Crippen LogP contribution in [-0.4, -0.2) is 62.1 Å². The normalized spacial score (nSPS) is 13.8. The minimum absolute atomic E-state index is 0.110. The van der Waals surface area contributed by atoms with Gasteiger partial charge in [0.2, 0.25) is 0 Å². The lowest BCUT2D eigenvalue weighted by molar-refractivity contribution is -0.153. The summed E-state index contributed by atoms with van der Waals surface area (Å²) in [4.78, 5) is 40.3. The van der Waals surface area contributed by atoms with E-state index in [9.17, 15) is 18.8 Å². The Kier molecular flexibility index (Phi) is 12.4. The van der Waals surface area contributed by atoms with Crippen molar-refractivity contribution in [1.82, 2.24) is 4.90 Å². The van der Waals surface area contributed by atoms with Gasteiger partial charge in [-0.05, 0) is 106 Å². The fourth-order valence-electron chi connectivity index (χ4n) is 5.50. The molecule has 0 N–H and O–H groups in total. The third-order valence-corrected chi connectivity index (χ3v) is 7.60. The summed E-state index contributed by atoms with van der Waals surface area (Å²) in [5.41, 5.74) is 3.22. The first-order valence-electron chi connectivity index (χ1n) is 15.8. The number of benzene rings is 3. The van der Waals surface area contributed by atoms with E-state index < -0.39 is 24.4 Å². The molecule has 3 aromatic rings. The third-order valence-electron chi connectivity index (χ3n) is 7.60. The van der Waals surface area contributed by atoms with Crippen molar-refractivity contribution in [3.63, 3.8) is 0 Å². The Morgan fingerprint density at radius 1 is 0.761 bits per heavy atom. The molecule has 1 aliphatic heterocycles. The van der Waals surface area contributed by atoms with E-state index >= 15 is 0 Å². The number of ether oxygens (including phenoxy) is 5. The van der Waals surface area contributed by atoms with Crippen molar-refractivity contribution in [3.8, 4) is 23.0 Å². The average Bonchev–Trinajstić information content (AvgIpc) is 3.05. The molecule has 46 heavy (non-hydrogen) atoms. The van der Waals surface area contributed by atoms with Gasteiger partial charge in [-0.2, -0.15) is 0 Å². The van der Waals surface area contributed by atoms with Gasteiger partial charge in [0.15, 0.2) is 35.4 Å². The van der Waals surface area contributed by atoms with E-state index in [4.69, 9.17) is 23.7 Å². The molecule has 0 bridgehead atoms. The van der Waals surface area contributed by atoms with Crippen molar-refractivity contribution in [2.75, 3.05) is 39.6 Å². The van der Waals surface area contributed by atoms with Crippen LogP contribution in [0.5, 0.6) is 23.0 Å². The van der Waals surface area contributed by atoms with E-state index in [2.05, 4.69) is 0 Å². The van der Waals surface area contributed by atoms with Crippen LogP contribution in [0.3, 0.4) is 0 Å². The van der Waals surface area contributed by atoms with Crippen LogP contribution in [0.25, 0.3) is 0 Å². The molecule has 246 valence electrons. The van der Waals surface area contributed by atoms with Crippen molar-refractivity contribution in [3.05, 3.63) is 82.7 Å². The third kappa shape index (κ3) is 8.77. The highest BCUT2D eigenvalue weighted by atomic mass is 19.1. The molecule has 0 unspecified atom stereocenters. The molecule has 9 nitrogen and oxygen atoms in total. The molecule has 10 heteroatoms. The molecule has 0 fully saturated rings. The second kappa shape index (κ2) is 16.6. The van der Waals surface area contributed by atoms with E-state index in [1.54, 1.807) is 4.90 Å². The van der Waals surface area contributed by atoms with Gasteiger partial charge in [-0.3, -0.25) is 14.4 Å². The summed E-state index contributed by atoms with van der Waals surface area (Å²) in [6.45, 7) is 9.49. The summed E-state index contributed by atoms with van der Waals surface area (Å²) in [6, 6.07) is 14.4. The molecule has 0 saturated carbocycles. The standard InChI is InChI=1S/C36H42FNO8/c1-5-42-31-15-9-24(20-32(31)43-6-2)19-29-28-22-34(45-8-4)33(44-7-3)21-26(28)17-18-38(29)35(40)23-46-36(41)16-14-30(39)25-10-12-27(37)13-11-25/h9-13,15,20-22,29H,5-8,14,16-19,23H2,1-4H3/t29-/m0/s1. The van der Waals surface area contributed by atoms with Crippen molar-refractivity contribution in [1.29, 1.82) is 0 Å². The zero-order valence-corrected chi connectivity index (χ0v) is 26.9. The summed E-state index contributed by atoms with van der Waals surface area (Å²) < 4.78 is 41.9. The van der Waals surface area contributed by atoms with Crippen LogP contribution < -0.4 is 18.9 Å². The van der Waals surface area contributed by atoms with E-state index in [-0.39, 0.29) is 24.5 Å². The van der Waals surface area contributed by atoms with Crippen LogP contribution in [0.2, 0.25) is 0 Å². The number of ketones is 1. The minimum Gasteiger partial charge on any atom is -0.490 e. The van der Waals surface area contributed by atoms with Crippen molar-refractivity contribution in [2.45, 2.75) is 59.4 Å². The van der Waals surface area contributed by atoms with Crippen LogP contribution >= 0.6 is 0 Å². The fourth-order valence-corrected chi connectivity index (χ4v) is 5.50. The lowest BCUT2D eigenvalue weighted by Crippen LogP contribution is -2.43. The van der Waals surface area contributed by atoms with Gasteiger partial charge in [-0.25, -0.2) is 4.39 Å². The summed E-state index contributed by atoms with van der Waals surface area (Å²) in [5, 5.41) is 0. The smallest absolute Gasteiger partial charge is 0.306 e. The number of rotatable bonds is 16. The highest BCUT2D eigenvalue weighted by Gasteiger charge is 2.33. The molecule has 1 atom stereocenters. The number of hydrogen-bond acceptors (Lipinski definition) is 8. The Bertz CT molecular complexity index is 1510. The number of Topliss-reactive ketones (excluding diaryl/α,β-unsaturated/α-hetero) is 1. The quantitative estimate of drug-likeness (QED) is 0.134. The molecule has 1 heterocycles. The molecule has 0 spiro atoms. The number of esters is 1. The Labute approximate surface area is 269 Å². The number of halogens is 1. The second-order valence-corrected chi connectivity index (χ2v) is 10.7. The lowest BCUT2D eigenvalue weighted by atomic mass is 9.88. The summed E-state index contributed by atoms with van der Waals surface area (Å²) in [5.74, 6) is 0.758. The minimum atomic E-state index is -0.661. The number of amides is 1. The Hall–Kier alpha value is -4.60. The monoisotopic (exact) mass is 635 g/mol. The number of hydrogen-bond donors (Lipinski definition) is 0. The maximum Gasteiger partial charge on any atom is 0.306 e. The lowest BCUT2D eigenvalue weighted by Gasteiger charge is -2.38. The first kappa shape index (κ1) is 34.3. The van der Waals surface area contributed by atoms with Gasteiger partial charge in [-0.15, -0.1) is 0 Å². The molecular weight excluding hydrogens is 593 g/mol. The summed E-state index contributed by atoms with van der Waals surface area (Å²) in [7, 11) is 0. The average molecular weight is 636 g/mol. The van der Waals surface area contributed by atoms with Gasteiger partial charge in [0.25, 0.3) is 5.91 Å². The van der Waals surface area contributed by atoms with Gasteiger partial charge in [0.05, 0.1) is 38.9 Å². The maximum absolute atomic E-state index is 13.6. The Morgan fingerprint density at radius 3 is 2.02 bits per heavy atom. The van der Waals surface area contributed by atoms with Gasteiger partial charge >= 0.3 is 5.97 Å². The molecule has 1 aliphatic rings. The predicted octanol–water partition coefficient (Wildman–Crippen LogP) is 6.30. The van der Waals surface area contributed by atoms with E-state index in [1.165, 1.54) is 24.3 Å². The van der Waals surface area contributed by atoms with Gasteiger partial charge in [0, 0.05) is 18.5 Å². The number of carbonyl (C=O) groups excluding carboxylic acids is 3. The number of fused-ring (bicyclic) bond motifs is 1. The van der Waals surface area contributed by atoms with E-state index in [0.717, 1.165) is 16.7 Å². The van der Waals surface area contributed by atoms with Crippen molar-refractivity contribution >= 4 is 17.7 Å². The fraction of sp³-hybridized carbons (Fsp3) is 0.417. The Morgan fingerprint density at radius 2 is 1.37 bits per heavy atom. The predicted molar refractivity (Wildman–Crippen MR) is 170 cm³/mol. The van der Waals surface area contributed by atoms with E-state index in [0.29, 0.717) is 74.4 Å². The molecule has 0 radical (unpaired) electrons. The Balaban J connectivity index is 1.54. The molecule has 0 aromatic heterocycles. The highest BCUT2D eigenvalue weighted by molar-refractivity contribution is 5.97. The number of carbonyl (C=O) groups is 3. The summed E-state index contributed by atoms with van der Waals surface area (Å²) >= 11 is 0. The SMILES string of the molecule is CCOc1ccc(C[C@H]2c3cc(OCC)c(OCC)cc3CCN2C(=O)COC(=O)CCC(=O)c2ccc(F)cc2)cc1OCC.